The van der Waals surface area contributed by atoms with Gasteiger partial charge in [0.1, 0.15) is 0 Å². The Morgan fingerprint density at radius 3 is 1.93 bits per heavy atom. The minimum absolute atomic E-state index is 0.338. The minimum Gasteiger partial charge on any atom is -0.308 e. The maximum absolute atomic E-state index is 14.2. The van der Waals surface area contributed by atoms with Crippen molar-refractivity contribution >= 4 is 45.0 Å². The van der Waals surface area contributed by atoms with E-state index >= 15 is 0 Å². The molecule has 0 atom stereocenters. The third kappa shape index (κ3) is 3.79. The number of fused-ring (bicyclic) bond motifs is 4. The van der Waals surface area contributed by atoms with Gasteiger partial charge in [-0.05, 0) is 47.0 Å². The molecule has 2 amide bonds. The van der Waals surface area contributed by atoms with Gasteiger partial charge in [0, 0.05) is 16.3 Å². The zero-order valence-corrected chi connectivity index (χ0v) is 23.4. The molecule has 5 nitrogen and oxygen atoms in total. The molecule has 0 unspecified atom stereocenters. The number of aromatic nitrogens is 1. The fourth-order valence-corrected chi connectivity index (χ4v) is 6.34. The Bertz CT molecular complexity index is 2310. The van der Waals surface area contributed by atoms with Gasteiger partial charge in [0.2, 0.25) is 0 Å². The molecule has 44 heavy (non-hydrogen) atoms. The van der Waals surface area contributed by atoms with E-state index in [2.05, 4.69) is 27.6 Å². The van der Waals surface area contributed by atoms with Crippen molar-refractivity contribution in [2.24, 2.45) is 0 Å². The summed E-state index contributed by atoms with van der Waals surface area (Å²) in [7, 11) is 0. The van der Waals surface area contributed by atoms with Gasteiger partial charge in [-0.15, -0.1) is 0 Å². The first-order chi connectivity index (χ1) is 21.6. The van der Waals surface area contributed by atoms with E-state index in [0.717, 1.165) is 44.1 Å². The molecular weight excluding hydrogens is 542 g/mol. The lowest BCUT2D eigenvalue weighted by atomic mass is 10.0. The molecule has 206 valence electrons. The number of imide groups is 1. The molecule has 0 fully saturated rings. The average Bonchev–Trinajstić information content (AvgIpc) is 3.56. The summed E-state index contributed by atoms with van der Waals surface area (Å²) in [6.45, 7) is 7.36. The first-order valence-electron chi connectivity index (χ1n) is 14.3. The molecule has 0 N–H and O–H groups in total. The van der Waals surface area contributed by atoms with Gasteiger partial charge >= 0.3 is 0 Å². The summed E-state index contributed by atoms with van der Waals surface area (Å²) in [5.41, 5.74) is 8.39. The molecule has 1 aromatic heterocycles. The van der Waals surface area contributed by atoms with E-state index < -0.39 is 0 Å². The molecule has 7 aromatic rings. The molecule has 0 saturated heterocycles. The summed E-state index contributed by atoms with van der Waals surface area (Å²) in [6, 6.07) is 44.8. The highest BCUT2D eigenvalue weighted by Gasteiger charge is 2.39. The highest BCUT2D eigenvalue weighted by atomic mass is 16.2. The van der Waals surface area contributed by atoms with Crippen molar-refractivity contribution < 1.29 is 9.59 Å². The van der Waals surface area contributed by atoms with Crippen LogP contribution in [0.4, 0.5) is 11.4 Å². The predicted molar refractivity (Wildman–Crippen MR) is 175 cm³/mol. The minimum atomic E-state index is -0.349. The normalized spacial score (nSPS) is 12.6. The summed E-state index contributed by atoms with van der Waals surface area (Å²) < 4.78 is 2.11. The average molecular weight is 566 g/mol. The third-order valence-electron chi connectivity index (χ3n) is 8.37. The van der Waals surface area contributed by atoms with E-state index in [0.29, 0.717) is 28.2 Å². The summed E-state index contributed by atoms with van der Waals surface area (Å²) in [5.74, 6) is -0.687. The largest absolute Gasteiger partial charge is 0.308 e. The number of hydrogen-bond donors (Lipinski definition) is 0. The number of anilines is 1. The molecule has 6 aromatic carbocycles. The first-order valence-corrected chi connectivity index (χ1v) is 14.3. The van der Waals surface area contributed by atoms with Crippen LogP contribution in [0.3, 0.4) is 0 Å². The number of amides is 2. The van der Waals surface area contributed by atoms with E-state index in [1.165, 1.54) is 4.90 Å². The van der Waals surface area contributed by atoms with E-state index in [1.54, 1.807) is 6.07 Å². The molecule has 0 spiro atoms. The number of hydrogen-bond acceptors (Lipinski definition) is 2. The fourth-order valence-electron chi connectivity index (χ4n) is 6.34. The van der Waals surface area contributed by atoms with Crippen molar-refractivity contribution in [3.05, 3.63) is 162 Å². The van der Waals surface area contributed by atoms with Crippen molar-refractivity contribution in [3.63, 3.8) is 0 Å². The smallest absolute Gasteiger partial charge is 0.268 e. The zero-order valence-electron chi connectivity index (χ0n) is 23.4. The number of carbonyl (C=O) groups is 2. The number of rotatable bonds is 4. The zero-order chi connectivity index (χ0) is 29.8. The Labute approximate surface area is 253 Å². The molecule has 8 rings (SSSR count). The molecule has 2 heterocycles. The van der Waals surface area contributed by atoms with Gasteiger partial charge in [-0.2, -0.15) is 0 Å². The lowest BCUT2D eigenvalue weighted by Gasteiger charge is -2.16. The van der Waals surface area contributed by atoms with Crippen molar-refractivity contribution in [1.82, 2.24) is 4.57 Å². The number of carbonyl (C=O) groups excluding carboxylic acids is 2. The molecule has 1 aliphatic rings. The molecular formula is C39H23N3O2. The van der Waals surface area contributed by atoms with E-state index in [-0.39, 0.29) is 11.8 Å². The molecule has 0 aliphatic carbocycles. The SMILES string of the molecule is [C-]#[N+]c1ccc(-c2cccc3c4ccccc4n(-c4cccc5c4C(=O)N(c4ccc(-c6ccccc6)cc4)C5=O)c23)cc1. The Morgan fingerprint density at radius 1 is 0.523 bits per heavy atom. The summed E-state index contributed by atoms with van der Waals surface area (Å²) >= 11 is 0. The standard InChI is InChI=1S/C39H23N3O2/c1-40-28-21-17-27(18-22-28)30-12-7-13-32-31-11-5-6-15-34(31)42(37(30)32)35-16-8-14-33-36(35)39(44)41(38(33)43)29-23-19-26(20-24-29)25-9-3-2-4-10-25/h2-24H. The predicted octanol–water partition coefficient (Wildman–Crippen LogP) is 9.47. The molecule has 1 aliphatic heterocycles. The van der Waals surface area contributed by atoms with Crippen LogP contribution in [0.2, 0.25) is 0 Å². The molecule has 0 radical (unpaired) electrons. The topological polar surface area (TPSA) is 46.7 Å². The van der Waals surface area contributed by atoms with Gasteiger partial charge < -0.3 is 4.57 Å². The number of nitrogens with zero attached hydrogens (tertiary/aromatic N) is 3. The van der Waals surface area contributed by atoms with Gasteiger partial charge in [0.05, 0.1) is 40.1 Å². The van der Waals surface area contributed by atoms with Crippen molar-refractivity contribution in [2.45, 2.75) is 0 Å². The van der Waals surface area contributed by atoms with Gasteiger partial charge in [-0.3, -0.25) is 9.59 Å². The fraction of sp³-hybridized carbons (Fsp3) is 0. The van der Waals surface area contributed by atoms with Crippen molar-refractivity contribution in [1.29, 1.82) is 0 Å². The van der Waals surface area contributed by atoms with Gasteiger partial charge in [0.15, 0.2) is 5.69 Å². The molecule has 0 saturated carbocycles. The second-order valence-electron chi connectivity index (χ2n) is 10.8. The van der Waals surface area contributed by atoms with Crippen LogP contribution in [-0.2, 0) is 0 Å². The first kappa shape index (κ1) is 25.5. The number of benzene rings is 6. The van der Waals surface area contributed by atoms with Crippen molar-refractivity contribution in [3.8, 4) is 27.9 Å². The molecule has 5 heteroatoms. The van der Waals surface area contributed by atoms with Crippen molar-refractivity contribution in [2.75, 3.05) is 4.90 Å². The van der Waals surface area contributed by atoms with Crippen LogP contribution in [0.25, 0.3) is 54.6 Å². The second kappa shape index (κ2) is 9.94. The van der Waals surface area contributed by atoms with Crippen LogP contribution >= 0.6 is 0 Å². The Balaban J connectivity index is 1.32. The van der Waals surface area contributed by atoms with Crippen LogP contribution < -0.4 is 4.90 Å². The van der Waals surface area contributed by atoms with Crippen LogP contribution in [0, 0.1) is 6.57 Å². The summed E-state index contributed by atoms with van der Waals surface area (Å²) in [4.78, 5) is 32.9. The van der Waals surface area contributed by atoms with E-state index in [1.807, 2.05) is 115 Å². The van der Waals surface area contributed by atoms with E-state index in [4.69, 9.17) is 6.57 Å². The summed E-state index contributed by atoms with van der Waals surface area (Å²) in [5, 5.41) is 2.08. The third-order valence-corrected chi connectivity index (χ3v) is 8.37. The maximum atomic E-state index is 14.2. The van der Waals surface area contributed by atoms with Crippen LogP contribution in [0.15, 0.2) is 140 Å². The monoisotopic (exact) mass is 565 g/mol. The van der Waals surface area contributed by atoms with Gasteiger partial charge in [-0.25, -0.2) is 9.74 Å². The number of para-hydroxylation sites is 2. The summed E-state index contributed by atoms with van der Waals surface area (Å²) in [6.07, 6.45) is 0. The van der Waals surface area contributed by atoms with E-state index in [9.17, 15) is 9.59 Å². The van der Waals surface area contributed by atoms with Crippen LogP contribution in [0.1, 0.15) is 20.7 Å². The highest BCUT2D eigenvalue weighted by Crippen LogP contribution is 2.41. The Morgan fingerprint density at radius 2 is 1.16 bits per heavy atom. The lowest BCUT2D eigenvalue weighted by Crippen LogP contribution is -2.29. The quantitative estimate of drug-likeness (QED) is 0.158. The maximum Gasteiger partial charge on any atom is 0.268 e. The second-order valence-corrected chi connectivity index (χ2v) is 10.8. The van der Waals surface area contributed by atoms with Gasteiger partial charge in [0.25, 0.3) is 11.8 Å². The Hall–Kier alpha value is -6.25. The molecule has 0 bridgehead atoms. The Kier molecular flexibility index (Phi) is 5.75. The van der Waals surface area contributed by atoms with Crippen LogP contribution in [0.5, 0.6) is 0 Å². The lowest BCUT2D eigenvalue weighted by molar-refractivity contribution is 0.0926. The highest BCUT2D eigenvalue weighted by molar-refractivity contribution is 6.36. The van der Waals surface area contributed by atoms with Gasteiger partial charge in [-0.1, -0.05) is 109 Å². The van der Waals surface area contributed by atoms with Crippen LogP contribution in [-0.4, -0.2) is 16.4 Å².